The molecular weight excluding hydrogens is 308 g/mol. The molecule has 1 atom stereocenters. The summed E-state index contributed by atoms with van der Waals surface area (Å²) in [5, 5.41) is 8.90. The minimum Gasteiger partial charge on any atom is -0.339 e. The molecule has 23 heavy (non-hydrogen) atoms. The molecule has 1 saturated heterocycles. The van der Waals surface area contributed by atoms with Crippen LogP contribution in [0.25, 0.3) is 5.69 Å². The third kappa shape index (κ3) is 3.75. The second-order valence-electron chi connectivity index (χ2n) is 5.75. The topological polar surface area (TPSA) is 51.0 Å². The first-order valence-corrected chi connectivity index (χ1v) is 9.16. The summed E-state index contributed by atoms with van der Waals surface area (Å²) in [4.78, 5) is 14.6. The first-order valence-electron chi connectivity index (χ1n) is 8.17. The molecule has 0 radical (unpaired) electrons. The highest BCUT2D eigenvalue weighted by atomic mass is 32.2. The normalized spacial score (nSPS) is 18.1. The quantitative estimate of drug-likeness (QED) is 0.790. The summed E-state index contributed by atoms with van der Waals surface area (Å²) in [6.07, 6.45) is 6.21. The van der Waals surface area contributed by atoms with E-state index >= 15 is 0 Å². The second kappa shape index (κ2) is 7.64. The SMILES string of the molecule is CCC1CCCCN1C(=O)CSc1nncn1-c1ccccc1. The number of nitrogens with zero attached hydrogens (tertiary/aromatic N) is 4. The number of amides is 1. The summed E-state index contributed by atoms with van der Waals surface area (Å²) >= 11 is 1.46. The van der Waals surface area contributed by atoms with Crippen LogP contribution in [0.2, 0.25) is 0 Å². The lowest BCUT2D eigenvalue weighted by atomic mass is 10.0. The van der Waals surface area contributed by atoms with Crippen molar-refractivity contribution in [2.75, 3.05) is 12.3 Å². The van der Waals surface area contributed by atoms with E-state index in [0.29, 0.717) is 11.8 Å². The molecule has 0 aliphatic carbocycles. The Morgan fingerprint density at radius 2 is 2.13 bits per heavy atom. The standard InChI is InChI=1S/C17H22N4OS/c1-2-14-8-6-7-11-20(14)16(22)12-23-17-19-18-13-21(17)15-9-4-3-5-10-15/h3-5,9-10,13-14H,2,6-8,11-12H2,1H3. The van der Waals surface area contributed by atoms with E-state index in [4.69, 9.17) is 0 Å². The van der Waals surface area contributed by atoms with Gasteiger partial charge in [0.1, 0.15) is 6.33 Å². The van der Waals surface area contributed by atoms with Crippen LogP contribution < -0.4 is 0 Å². The first kappa shape index (κ1) is 16.1. The van der Waals surface area contributed by atoms with Crippen LogP contribution in [0, 0.1) is 0 Å². The fraction of sp³-hybridized carbons (Fsp3) is 0.471. The van der Waals surface area contributed by atoms with E-state index in [2.05, 4.69) is 22.0 Å². The number of hydrogen-bond donors (Lipinski definition) is 0. The summed E-state index contributed by atoms with van der Waals surface area (Å²) in [5.41, 5.74) is 1.01. The maximum absolute atomic E-state index is 12.6. The van der Waals surface area contributed by atoms with Crippen molar-refractivity contribution in [1.82, 2.24) is 19.7 Å². The predicted octanol–water partition coefficient (Wildman–Crippen LogP) is 3.15. The summed E-state index contributed by atoms with van der Waals surface area (Å²) in [7, 11) is 0. The summed E-state index contributed by atoms with van der Waals surface area (Å²) < 4.78 is 1.92. The smallest absolute Gasteiger partial charge is 0.233 e. The number of benzene rings is 1. The maximum Gasteiger partial charge on any atom is 0.233 e. The molecule has 0 bridgehead atoms. The Kier molecular flexibility index (Phi) is 5.33. The minimum atomic E-state index is 0.212. The average molecular weight is 330 g/mol. The molecule has 1 aromatic heterocycles. The van der Waals surface area contributed by atoms with Crippen LogP contribution in [0.5, 0.6) is 0 Å². The van der Waals surface area contributed by atoms with Crippen molar-refractivity contribution in [3.8, 4) is 5.69 Å². The van der Waals surface area contributed by atoms with E-state index in [-0.39, 0.29) is 5.91 Å². The summed E-state index contributed by atoms with van der Waals surface area (Å²) in [6, 6.07) is 10.4. The number of piperidine rings is 1. The molecule has 0 spiro atoms. The van der Waals surface area contributed by atoms with Gasteiger partial charge in [0.25, 0.3) is 0 Å². The van der Waals surface area contributed by atoms with Crippen molar-refractivity contribution in [3.63, 3.8) is 0 Å². The van der Waals surface area contributed by atoms with E-state index in [1.165, 1.54) is 18.2 Å². The van der Waals surface area contributed by atoms with E-state index in [0.717, 1.165) is 36.7 Å². The van der Waals surface area contributed by atoms with E-state index in [1.807, 2.05) is 34.9 Å². The van der Waals surface area contributed by atoms with Crippen molar-refractivity contribution < 1.29 is 4.79 Å². The molecule has 2 heterocycles. The van der Waals surface area contributed by atoms with Crippen LogP contribution in [-0.2, 0) is 4.79 Å². The third-order valence-corrected chi connectivity index (χ3v) is 5.22. The molecular formula is C17H22N4OS. The van der Waals surface area contributed by atoms with Gasteiger partial charge < -0.3 is 4.90 Å². The molecule has 5 nitrogen and oxygen atoms in total. The molecule has 3 rings (SSSR count). The van der Waals surface area contributed by atoms with Gasteiger partial charge in [-0.1, -0.05) is 36.9 Å². The van der Waals surface area contributed by atoms with Crippen molar-refractivity contribution in [3.05, 3.63) is 36.7 Å². The first-order chi connectivity index (χ1) is 11.3. The Bertz CT molecular complexity index is 643. The number of para-hydroxylation sites is 1. The Morgan fingerprint density at radius 3 is 2.91 bits per heavy atom. The Hall–Kier alpha value is -1.82. The van der Waals surface area contributed by atoms with E-state index < -0.39 is 0 Å². The van der Waals surface area contributed by atoms with Crippen LogP contribution in [0.15, 0.2) is 41.8 Å². The summed E-state index contributed by atoms with van der Waals surface area (Å²) in [6.45, 7) is 3.05. The van der Waals surface area contributed by atoms with Gasteiger partial charge in [-0.15, -0.1) is 10.2 Å². The number of carbonyl (C=O) groups excluding carboxylic acids is 1. The lowest BCUT2D eigenvalue weighted by Crippen LogP contribution is -2.44. The maximum atomic E-state index is 12.6. The van der Waals surface area contributed by atoms with Crippen LogP contribution in [-0.4, -0.2) is 43.9 Å². The van der Waals surface area contributed by atoms with Gasteiger partial charge in [-0.05, 0) is 37.8 Å². The molecule has 1 fully saturated rings. The molecule has 1 aromatic carbocycles. The largest absolute Gasteiger partial charge is 0.339 e. The fourth-order valence-electron chi connectivity index (χ4n) is 3.05. The zero-order chi connectivity index (χ0) is 16.1. The molecule has 2 aromatic rings. The lowest BCUT2D eigenvalue weighted by molar-refractivity contribution is -0.132. The number of hydrogen-bond acceptors (Lipinski definition) is 4. The Labute approximate surface area is 141 Å². The van der Waals surface area contributed by atoms with Gasteiger partial charge >= 0.3 is 0 Å². The monoisotopic (exact) mass is 330 g/mol. The van der Waals surface area contributed by atoms with Crippen LogP contribution in [0.1, 0.15) is 32.6 Å². The molecule has 0 N–H and O–H groups in total. The van der Waals surface area contributed by atoms with Crippen molar-refractivity contribution in [2.24, 2.45) is 0 Å². The molecule has 1 amide bonds. The fourth-order valence-corrected chi connectivity index (χ4v) is 3.87. The van der Waals surface area contributed by atoms with Gasteiger partial charge in [0.05, 0.1) is 5.75 Å². The number of carbonyl (C=O) groups is 1. The van der Waals surface area contributed by atoms with Gasteiger partial charge in [-0.3, -0.25) is 9.36 Å². The summed E-state index contributed by atoms with van der Waals surface area (Å²) in [5.74, 6) is 0.631. The predicted molar refractivity (Wildman–Crippen MR) is 91.7 cm³/mol. The zero-order valence-corrected chi connectivity index (χ0v) is 14.2. The number of rotatable bonds is 5. The van der Waals surface area contributed by atoms with Crippen LogP contribution >= 0.6 is 11.8 Å². The number of likely N-dealkylation sites (tertiary alicyclic amines) is 1. The average Bonchev–Trinajstić information content (AvgIpc) is 3.09. The van der Waals surface area contributed by atoms with Crippen LogP contribution in [0.4, 0.5) is 0 Å². The molecule has 1 unspecified atom stereocenters. The van der Waals surface area contributed by atoms with Crippen molar-refractivity contribution >= 4 is 17.7 Å². The van der Waals surface area contributed by atoms with Crippen molar-refractivity contribution in [1.29, 1.82) is 0 Å². The van der Waals surface area contributed by atoms with Gasteiger partial charge in [0.2, 0.25) is 5.91 Å². The van der Waals surface area contributed by atoms with Crippen LogP contribution in [0.3, 0.4) is 0 Å². The van der Waals surface area contributed by atoms with E-state index in [9.17, 15) is 4.79 Å². The van der Waals surface area contributed by atoms with Crippen molar-refractivity contribution in [2.45, 2.75) is 43.8 Å². The minimum absolute atomic E-state index is 0.212. The zero-order valence-electron chi connectivity index (χ0n) is 13.4. The van der Waals surface area contributed by atoms with Gasteiger partial charge in [0, 0.05) is 18.3 Å². The highest BCUT2D eigenvalue weighted by Gasteiger charge is 2.25. The molecule has 6 heteroatoms. The molecule has 122 valence electrons. The Morgan fingerprint density at radius 1 is 1.30 bits per heavy atom. The third-order valence-electron chi connectivity index (χ3n) is 4.29. The highest BCUT2D eigenvalue weighted by Crippen LogP contribution is 2.23. The Balaban J connectivity index is 1.65. The number of aromatic nitrogens is 3. The van der Waals surface area contributed by atoms with Gasteiger partial charge in [-0.2, -0.15) is 0 Å². The molecule has 1 aliphatic rings. The molecule has 0 saturated carbocycles. The lowest BCUT2D eigenvalue weighted by Gasteiger charge is -2.35. The van der Waals surface area contributed by atoms with E-state index in [1.54, 1.807) is 6.33 Å². The highest BCUT2D eigenvalue weighted by molar-refractivity contribution is 7.99. The number of thioether (sulfide) groups is 1. The molecule has 1 aliphatic heterocycles. The van der Waals surface area contributed by atoms with Gasteiger partial charge in [0.15, 0.2) is 5.16 Å². The second-order valence-corrected chi connectivity index (χ2v) is 6.70. The van der Waals surface area contributed by atoms with Gasteiger partial charge in [-0.25, -0.2) is 0 Å².